The van der Waals surface area contributed by atoms with Crippen LogP contribution in [0.15, 0.2) is 72.0 Å². The Morgan fingerprint density at radius 2 is 1.70 bits per heavy atom. The van der Waals surface area contributed by atoms with E-state index in [4.69, 9.17) is 9.47 Å². The first kappa shape index (κ1) is 20.7. The predicted octanol–water partition coefficient (Wildman–Crippen LogP) is 5.20. The van der Waals surface area contributed by atoms with Crippen LogP contribution in [0.3, 0.4) is 0 Å². The third-order valence-electron chi connectivity index (χ3n) is 6.33. The van der Waals surface area contributed by atoms with Gasteiger partial charge in [-0.25, -0.2) is 4.79 Å². The van der Waals surface area contributed by atoms with Crippen LogP contribution in [-0.2, 0) is 20.7 Å². The van der Waals surface area contributed by atoms with E-state index < -0.39 is 6.10 Å². The first-order valence-electron chi connectivity index (χ1n) is 10.9. The van der Waals surface area contributed by atoms with Crippen LogP contribution >= 0.6 is 0 Å². The zero-order valence-corrected chi connectivity index (χ0v) is 17.5. The van der Waals surface area contributed by atoms with E-state index in [-0.39, 0.29) is 23.6 Å². The van der Waals surface area contributed by atoms with Crippen LogP contribution in [0.2, 0.25) is 0 Å². The molecule has 1 aliphatic carbocycles. The molecule has 0 saturated heterocycles. The van der Waals surface area contributed by atoms with Crippen molar-refractivity contribution in [1.82, 2.24) is 0 Å². The lowest BCUT2D eigenvalue weighted by Gasteiger charge is -2.23. The van der Waals surface area contributed by atoms with Crippen molar-refractivity contribution in [2.75, 3.05) is 13.7 Å². The minimum Gasteiger partial charge on any atom is -0.508 e. The molecule has 30 heavy (non-hydrogen) atoms. The van der Waals surface area contributed by atoms with Gasteiger partial charge in [-0.15, -0.1) is 0 Å². The molecule has 0 radical (unpaired) electrons. The number of carbonyl (C=O) groups excluding carboxylic acids is 1. The quantitative estimate of drug-likeness (QED) is 0.551. The lowest BCUT2D eigenvalue weighted by molar-refractivity contribution is -0.143. The van der Waals surface area contributed by atoms with E-state index >= 15 is 0 Å². The topological polar surface area (TPSA) is 55.8 Å². The zero-order valence-electron chi connectivity index (χ0n) is 17.5. The molecule has 4 heteroatoms. The molecule has 1 heterocycles. The van der Waals surface area contributed by atoms with Crippen molar-refractivity contribution < 1.29 is 19.4 Å². The van der Waals surface area contributed by atoms with Gasteiger partial charge in [-0.3, -0.25) is 0 Å². The maximum absolute atomic E-state index is 12.9. The molecule has 1 aliphatic heterocycles. The summed E-state index contributed by atoms with van der Waals surface area (Å²) in [5.74, 6) is 0.107. The Hall–Kier alpha value is -2.59. The molecular formula is C26H30O4. The summed E-state index contributed by atoms with van der Waals surface area (Å²) in [5, 5.41) is 11.2. The molecule has 3 atom stereocenters. The molecule has 3 unspecified atom stereocenters. The molecule has 1 saturated carbocycles. The van der Waals surface area contributed by atoms with Gasteiger partial charge in [0.25, 0.3) is 0 Å². The standard InChI is InChI=1S/C26H30O4/c1-29-17-16-21(13-12-18-8-4-2-5-9-18)25-24(27)23(26(28)30-25)22(20-14-15-20)19-10-6-3-7-11-19/h2-11,20-22,25,27H,12-17H2,1H3. The Balaban J connectivity index is 1.58. The molecule has 0 bridgehead atoms. The second-order valence-electron chi connectivity index (χ2n) is 8.42. The van der Waals surface area contributed by atoms with Gasteiger partial charge >= 0.3 is 5.97 Å². The third-order valence-corrected chi connectivity index (χ3v) is 6.33. The SMILES string of the molecule is COCCC(CCc1ccccc1)C1OC(=O)C(C(c2ccccc2)C2CC2)=C1O. The first-order chi connectivity index (χ1) is 14.7. The van der Waals surface area contributed by atoms with E-state index in [1.807, 2.05) is 48.5 Å². The maximum atomic E-state index is 12.9. The molecule has 158 valence electrons. The number of methoxy groups -OCH3 is 1. The number of hydrogen-bond acceptors (Lipinski definition) is 4. The molecule has 4 rings (SSSR count). The molecule has 0 amide bonds. The highest BCUT2D eigenvalue weighted by atomic mass is 16.6. The lowest BCUT2D eigenvalue weighted by Crippen LogP contribution is -2.25. The average Bonchev–Trinajstić information content (AvgIpc) is 3.57. The summed E-state index contributed by atoms with van der Waals surface area (Å²) in [6, 6.07) is 20.3. The van der Waals surface area contributed by atoms with Crippen molar-refractivity contribution in [3.05, 3.63) is 83.1 Å². The average molecular weight is 407 g/mol. The summed E-state index contributed by atoms with van der Waals surface area (Å²) in [4.78, 5) is 12.9. The molecule has 0 spiro atoms. The predicted molar refractivity (Wildman–Crippen MR) is 116 cm³/mol. The van der Waals surface area contributed by atoms with E-state index in [1.165, 1.54) is 5.56 Å². The smallest absolute Gasteiger partial charge is 0.338 e. The molecular weight excluding hydrogens is 376 g/mol. The minimum absolute atomic E-state index is 0.0160. The van der Waals surface area contributed by atoms with Crippen LogP contribution in [-0.4, -0.2) is 30.9 Å². The van der Waals surface area contributed by atoms with Gasteiger partial charge < -0.3 is 14.6 Å². The Kier molecular flexibility index (Phi) is 6.53. The van der Waals surface area contributed by atoms with Crippen LogP contribution in [0.25, 0.3) is 0 Å². The van der Waals surface area contributed by atoms with Crippen molar-refractivity contribution in [1.29, 1.82) is 0 Å². The van der Waals surface area contributed by atoms with Crippen molar-refractivity contribution in [2.24, 2.45) is 11.8 Å². The van der Waals surface area contributed by atoms with Gasteiger partial charge in [0.1, 0.15) is 5.76 Å². The number of cyclic esters (lactones) is 1. The number of ether oxygens (including phenoxy) is 2. The van der Waals surface area contributed by atoms with Crippen LogP contribution in [0.4, 0.5) is 0 Å². The summed E-state index contributed by atoms with van der Waals surface area (Å²) in [6.45, 7) is 0.570. The van der Waals surface area contributed by atoms with Gasteiger partial charge in [0.05, 0.1) is 5.57 Å². The third kappa shape index (κ3) is 4.59. The van der Waals surface area contributed by atoms with Gasteiger partial charge in [0.15, 0.2) is 6.10 Å². The summed E-state index contributed by atoms with van der Waals surface area (Å²) >= 11 is 0. The largest absolute Gasteiger partial charge is 0.508 e. The number of hydrogen-bond donors (Lipinski definition) is 1. The van der Waals surface area contributed by atoms with E-state index in [1.54, 1.807) is 7.11 Å². The van der Waals surface area contributed by atoms with Crippen LogP contribution in [0, 0.1) is 11.8 Å². The molecule has 2 aliphatic rings. The molecule has 1 fully saturated rings. The maximum Gasteiger partial charge on any atom is 0.338 e. The van der Waals surface area contributed by atoms with Crippen LogP contribution in [0.1, 0.15) is 42.7 Å². The second-order valence-corrected chi connectivity index (χ2v) is 8.42. The number of carbonyl (C=O) groups is 1. The van der Waals surface area contributed by atoms with E-state index in [9.17, 15) is 9.90 Å². The molecule has 0 aromatic heterocycles. The molecule has 2 aromatic rings. The Morgan fingerprint density at radius 3 is 2.33 bits per heavy atom. The number of rotatable bonds is 10. The van der Waals surface area contributed by atoms with Crippen molar-refractivity contribution in [3.8, 4) is 0 Å². The Morgan fingerprint density at radius 1 is 1.03 bits per heavy atom. The minimum atomic E-state index is -0.587. The lowest BCUT2D eigenvalue weighted by atomic mass is 9.84. The first-order valence-corrected chi connectivity index (χ1v) is 10.9. The highest BCUT2D eigenvalue weighted by Crippen LogP contribution is 2.49. The molecule has 2 aromatic carbocycles. The van der Waals surface area contributed by atoms with Gasteiger partial charge in [-0.05, 0) is 49.1 Å². The highest BCUT2D eigenvalue weighted by molar-refractivity contribution is 5.93. The molecule has 4 nitrogen and oxygen atoms in total. The van der Waals surface area contributed by atoms with Crippen molar-refractivity contribution in [2.45, 2.75) is 44.1 Å². The summed E-state index contributed by atoms with van der Waals surface area (Å²) in [7, 11) is 1.68. The van der Waals surface area contributed by atoms with E-state index in [0.717, 1.165) is 37.7 Å². The second kappa shape index (κ2) is 9.48. The number of aliphatic hydroxyl groups is 1. The number of benzene rings is 2. The van der Waals surface area contributed by atoms with E-state index in [0.29, 0.717) is 18.1 Å². The fourth-order valence-corrected chi connectivity index (χ4v) is 4.58. The monoisotopic (exact) mass is 406 g/mol. The number of aliphatic hydroxyl groups excluding tert-OH is 1. The fourth-order valence-electron chi connectivity index (χ4n) is 4.58. The molecule has 1 N–H and O–H groups in total. The van der Waals surface area contributed by atoms with E-state index in [2.05, 4.69) is 12.1 Å². The highest BCUT2D eigenvalue weighted by Gasteiger charge is 2.46. The normalized spacial score (nSPS) is 20.8. The van der Waals surface area contributed by atoms with Crippen LogP contribution < -0.4 is 0 Å². The Bertz CT molecular complexity index is 870. The van der Waals surface area contributed by atoms with Gasteiger partial charge in [0.2, 0.25) is 0 Å². The van der Waals surface area contributed by atoms with Gasteiger partial charge in [-0.1, -0.05) is 60.7 Å². The summed E-state index contributed by atoms with van der Waals surface area (Å²) in [5.41, 5.74) is 2.79. The zero-order chi connectivity index (χ0) is 20.9. The van der Waals surface area contributed by atoms with Crippen molar-refractivity contribution in [3.63, 3.8) is 0 Å². The summed E-state index contributed by atoms with van der Waals surface area (Å²) in [6.07, 6.45) is 4.00. The Labute approximate surface area is 178 Å². The number of aryl methyl sites for hydroxylation is 1. The van der Waals surface area contributed by atoms with Crippen molar-refractivity contribution >= 4 is 5.97 Å². The number of esters is 1. The summed E-state index contributed by atoms with van der Waals surface area (Å²) < 4.78 is 11.1. The fraction of sp³-hybridized carbons (Fsp3) is 0.423. The van der Waals surface area contributed by atoms with Gasteiger partial charge in [0, 0.05) is 25.6 Å². The van der Waals surface area contributed by atoms with Crippen LogP contribution in [0.5, 0.6) is 0 Å². The van der Waals surface area contributed by atoms with Gasteiger partial charge in [-0.2, -0.15) is 0 Å².